The average molecular weight is 228 g/mol. The van der Waals surface area contributed by atoms with Crippen LogP contribution in [0.4, 0.5) is 0 Å². The van der Waals surface area contributed by atoms with Crippen molar-refractivity contribution in [3.8, 4) is 0 Å². The number of methoxy groups -OCH3 is 1. The summed E-state index contributed by atoms with van der Waals surface area (Å²) >= 11 is 5.75. The van der Waals surface area contributed by atoms with Gasteiger partial charge in [0.15, 0.2) is 0 Å². The van der Waals surface area contributed by atoms with Gasteiger partial charge in [-0.2, -0.15) is 0 Å². The fourth-order valence-electron chi connectivity index (χ4n) is 1.33. The van der Waals surface area contributed by atoms with E-state index in [0.717, 1.165) is 5.56 Å². The van der Waals surface area contributed by atoms with Gasteiger partial charge >= 0.3 is 5.97 Å². The van der Waals surface area contributed by atoms with Gasteiger partial charge in [0.05, 0.1) is 7.11 Å². The largest absolute Gasteiger partial charge is 0.468 e. The molecular formula is C11H14ClNO2. The molecule has 1 aromatic carbocycles. The lowest BCUT2D eigenvalue weighted by atomic mass is 9.94. The molecule has 1 rings (SSSR count). The van der Waals surface area contributed by atoms with Crippen LogP contribution in [0.1, 0.15) is 12.5 Å². The molecule has 0 radical (unpaired) electrons. The molecule has 0 fully saturated rings. The minimum absolute atomic E-state index is 0.419. The van der Waals surface area contributed by atoms with Crippen LogP contribution >= 0.6 is 11.6 Å². The average Bonchev–Trinajstić information content (AvgIpc) is 2.20. The maximum atomic E-state index is 11.3. The quantitative estimate of drug-likeness (QED) is 0.801. The molecule has 0 amide bonds. The highest BCUT2D eigenvalue weighted by Crippen LogP contribution is 2.15. The highest BCUT2D eigenvalue weighted by atomic mass is 35.5. The molecule has 15 heavy (non-hydrogen) atoms. The van der Waals surface area contributed by atoms with E-state index in [9.17, 15) is 4.79 Å². The smallest absolute Gasteiger partial charge is 0.325 e. The van der Waals surface area contributed by atoms with Crippen molar-refractivity contribution in [1.29, 1.82) is 0 Å². The van der Waals surface area contributed by atoms with Crippen LogP contribution in [0.5, 0.6) is 0 Å². The number of nitrogens with two attached hydrogens (primary N) is 1. The van der Waals surface area contributed by atoms with Gasteiger partial charge in [0.1, 0.15) is 5.54 Å². The third kappa shape index (κ3) is 3.22. The van der Waals surface area contributed by atoms with Gasteiger partial charge in [-0.25, -0.2) is 0 Å². The van der Waals surface area contributed by atoms with Crippen molar-refractivity contribution in [3.05, 3.63) is 34.9 Å². The van der Waals surface area contributed by atoms with Crippen LogP contribution in [0.3, 0.4) is 0 Å². The maximum Gasteiger partial charge on any atom is 0.325 e. The first kappa shape index (κ1) is 12.0. The Balaban J connectivity index is 2.77. The second-order valence-corrected chi connectivity index (χ2v) is 4.15. The number of carbonyl (C=O) groups is 1. The summed E-state index contributed by atoms with van der Waals surface area (Å²) in [5, 5.41) is 0.663. The Hall–Kier alpha value is -1.06. The van der Waals surface area contributed by atoms with Gasteiger partial charge in [0.2, 0.25) is 0 Å². The summed E-state index contributed by atoms with van der Waals surface area (Å²) in [5.41, 5.74) is 5.79. The molecule has 1 aromatic rings. The van der Waals surface area contributed by atoms with Crippen molar-refractivity contribution in [2.75, 3.05) is 7.11 Å². The third-order valence-electron chi connectivity index (χ3n) is 2.14. The Morgan fingerprint density at radius 2 is 2.00 bits per heavy atom. The Morgan fingerprint density at radius 1 is 1.47 bits per heavy atom. The minimum atomic E-state index is -0.997. The Kier molecular flexibility index (Phi) is 3.72. The highest BCUT2D eigenvalue weighted by molar-refractivity contribution is 6.30. The summed E-state index contributed by atoms with van der Waals surface area (Å²) in [6.07, 6.45) is 0.427. The fraction of sp³-hybridized carbons (Fsp3) is 0.364. The molecule has 82 valence electrons. The van der Waals surface area contributed by atoms with E-state index in [-0.39, 0.29) is 0 Å². The lowest BCUT2D eigenvalue weighted by molar-refractivity contribution is -0.146. The summed E-state index contributed by atoms with van der Waals surface area (Å²) in [7, 11) is 1.33. The van der Waals surface area contributed by atoms with Gasteiger partial charge in [-0.3, -0.25) is 4.79 Å². The van der Waals surface area contributed by atoms with Crippen molar-refractivity contribution in [2.24, 2.45) is 5.73 Å². The number of benzene rings is 1. The van der Waals surface area contributed by atoms with Gasteiger partial charge in [-0.05, 0) is 24.6 Å². The van der Waals surface area contributed by atoms with Crippen LogP contribution in [0.15, 0.2) is 24.3 Å². The SMILES string of the molecule is COC(=O)[C@](C)(N)Cc1ccc(Cl)cc1. The maximum absolute atomic E-state index is 11.3. The normalized spacial score (nSPS) is 14.4. The molecule has 2 N–H and O–H groups in total. The minimum Gasteiger partial charge on any atom is -0.468 e. The van der Waals surface area contributed by atoms with E-state index in [2.05, 4.69) is 4.74 Å². The number of hydrogen-bond donors (Lipinski definition) is 1. The van der Waals surface area contributed by atoms with Crippen LogP contribution in [0.25, 0.3) is 0 Å². The van der Waals surface area contributed by atoms with Crippen molar-refractivity contribution in [2.45, 2.75) is 18.9 Å². The number of halogens is 1. The Labute approximate surface area is 94.2 Å². The Bertz CT molecular complexity index is 346. The number of carbonyl (C=O) groups excluding carboxylic acids is 1. The monoisotopic (exact) mass is 227 g/mol. The third-order valence-corrected chi connectivity index (χ3v) is 2.39. The van der Waals surface area contributed by atoms with Crippen LogP contribution < -0.4 is 5.73 Å². The fourth-order valence-corrected chi connectivity index (χ4v) is 1.46. The molecule has 0 aliphatic heterocycles. The first-order valence-electron chi connectivity index (χ1n) is 4.57. The van der Waals surface area contributed by atoms with Crippen molar-refractivity contribution in [3.63, 3.8) is 0 Å². The van der Waals surface area contributed by atoms with Gasteiger partial charge in [0, 0.05) is 11.4 Å². The van der Waals surface area contributed by atoms with Crippen LogP contribution in [-0.2, 0) is 16.0 Å². The van der Waals surface area contributed by atoms with Crippen molar-refractivity contribution < 1.29 is 9.53 Å². The lowest BCUT2D eigenvalue weighted by Gasteiger charge is -2.21. The molecule has 1 atom stereocenters. The first-order valence-corrected chi connectivity index (χ1v) is 4.95. The Morgan fingerprint density at radius 3 is 2.47 bits per heavy atom. The number of hydrogen-bond acceptors (Lipinski definition) is 3. The zero-order valence-corrected chi connectivity index (χ0v) is 9.54. The highest BCUT2D eigenvalue weighted by Gasteiger charge is 2.29. The van der Waals surface area contributed by atoms with Gasteiger partial charge < -0.3 is 10.5 Å². The van der Waals surface area contributed by atoms with Crippen LogP contribution in [0, 0.1) is 0 Å². The van der Waals surface area contributed by atoms with E-state index in [4.69, 9.17) is 17.3 Å². The van der Waals surface area contributed by atoms with E-state index in [0.29, 0.717) is 11.4 Å². The second kappa shape index (κ2) is 4.64. The van der Waals surface area contributed by atoms with Gasteiger partial charge in [-0.15, -0.1) is 0 Å². The number of ether oxygens (including phenoxy) is 1. The summed E-state index contributed by atoms with van der Waals surface area (Å²) in [5.74, 6) is -0.419. The van der Waals surface area contributed by atoms with E-state index < -0.39 is 11.5 Å². The van der Waals surface area contributed by atoms with Crippen molar-refractivity contribution >= 4 is 17.6 Å². The number of rotatable bonds is 3. The zero-order chi connectivity index (χ0) is 11.5. The molecule has 0 saturated heterocycles. The summed E-state index contributed by atoms with van der Waals surface area (Å²) in [4.78, 5) is 11.3. The zero-order valence-electron chi connectivity index (χ0n) is 8.79. The molecule has 0 saturated carbocycles. The molecule has 3 nitrogen and oxygen atoms in total. The molecule has 0 aliphatic carbocycles. The molecule has 0 unspecified atom stereocenters. The van der Waals surface area contributed by atoms with E-state index in [1.54, 1.807) is 19.1 Å². The van der Waals surface area contributed by atoms with Crippen LogP contribution in [0.2, 0.25) is 5.02 Å². The van der Waals surface area contributed by atoms with E-state index in [1.165, 1.54) is 7.11 Å². The summed E-state index contributed by atoms with van der Waals surface area (Å²) in [6, 6.07) is 7.22. The lowest BCUT2D eigenvalue weighted by Crippen LogP contribution is -2.47. The molecule has 0 spiro atoms. The molecule has 0 heterocycles. The predicted octanol–water partition coefficient (Wildman–Crippen LogP) is 1.77. The summed E-state index contributed by atoms with van der Waals surface area (Å²) < 4.78 is 4.62. The predicted molar refractivity (Wildman–Crippen MR) is 59.8 cm³/mol. The second-order valence-electron chi connectivity index (χ2n) is 3.71. The van der Waals surface area contributed by atoms with Gasteiger partial charge in [-0.1, -0.05) is 23.7 Å². The molecule has 0 aliphatic rings. The number of esters is 1. The van der Waals surface area contributed by atoms with Gasteiger partial charge in [0.25, 0.3) is 0 Å². The molecule has 0 bridgehead atoms. The van der Waals surface area contributed by atoms with Crippen LogP contribution in [-0.4, -0.2) is 18.6 Å². The van der Waals surface area contributed by atoms with E-state index in [1.807, 2.05) is 12.1 Å². The molecule has 0 aromatic heterocycles. The first-order chi connectivity index (χ1) is 6.95. The van der Waals surface area contributed by atoms with Crippen molar-refractivity contribution in [1.82, 2.24) is 0 Å². The van der Waals surface area contributed by atoms with E-state index >= 15 is 0 Å². The molecule has 4 heteroatoms. The topological polar surface area (TPSA) is 52.3 Å². The molecular weight excluding hydrogens is 214 g/mol. The standard InChI is InChI=1S/C11H14ClNO2/c1-11(13,10(14)15-2)7-8-3-5-9(12)6-4-8/h3-6H,7,13H2,1-2H3/t11-/m1/s1. The summed E-state index contributed by atoms with van der Waals surface area (Å²) in [6.45, 7) is 1.65.